The van der Waals surface area contributed by atoms with Crippen LogP contribution in [0.5, 0.6) is 11.5 Å². The molecule has 1 fully saturated rings. The highest BCUT2D eigenvalue weighted by Gasteiger charge is 2.33. The van der Waals surface area contributed by atoms with Gasteiger partial charge < -0.3 is 9.47 Å². The molecule has 4 nitrogen and oxygen atoms in total. The number of carbonyl (C=O) groups excluding carboxylic acids is 1. The van der Waals surface area contributed by atoms with Crippen LogP contribution in [-0.4, -0.2) is 24.0 Å². The van der Waals surface area contributed by atoms with E-state index in [1.807, 2.05) is 84.9 Å². The maximum absolute atomic E-state index is 11.5. The average molecular weight is 359 g/mol. The van der Waals surface area contributed by atoms with Crippen LogP contribution in [0.1, 0.15) is 17.2 Å². The van der Waals surface area contributed by atoms with E-state index in [2.05, 4.69) is 4.90 Å². The van der Waals surface area contributed by atoms with Crippen LogP contribution >= 0.6 is 0 Å². The van der Waals surface area contributed by atoms with Crippen LogP contribution in [0.4, 0.5) is 0 Å². The maximum atomic E-state index is 11.5. The van der Waals surface area contributed by atoms with Gasteiger partial charge in [-0.15, -0.1) is 0 Å². The Labute approximate surface area is 159 Å². The van der Waals surface area contributed by atoms with E-state index >= 15 is 0 Å². The Balaban J connectivity index is 1.41. The predicted molar refractivity (Wildman–Crippen MR) is 103 cm³/mol. The molecular weight excluding hydrogens is 338 g/mol. The Morgan fingerprint density at radius 2 is 1.52 bits per heavy atom. The number of aldehydes is 1. The van der Waals surface area contributed by atoms with Crippen LogP contribution < -0.4 is 4.74 Å². The van der Waals surface area contributed by atoms with Gasteiger partial charge in [-0.1, -0.05) is 60.7 Å². The molecule has 0 bridgehead atoms. The number of carbonyl (C=O) groups is 1. The highest BCUT2D eigenvalue weighted by atomic mass is 16.5. The third-order valence-corrected chi connectivity index (χ3v) is 4.64. The standard InChI is InChI=1S/C23H21NO3/c25-17-23-24(16-22(27-23)19-7-3-1-4-8-19)15-18-11-13-21(14-12-18)26-20-9-5-2-6-10-20/h1-14,17,22-23H,15-16H2/t22-,23?/m0/s1. The minimum absolute atomic E-state index is 0.0814. The highest BCUT2D eigenvalue weighted by Crippen LogP contribution is 2.29. The monoisotopic (exact) mass is 359 g/mol. The van der Waals surface area contributed by atoms with Crippen LogP contribution in [0.15, 0.2) is 84.9 Å². The van der Waals surface area contributed by atoms with Gasteiger partial charge in [-0.25, -0.2) is 0 Å². The van der Waals surface area contributed by atoms with Gasteiger partial charge in [0.2, 0.25) is 0 Å². The van der Waals surface area contributed by atoms with Crippen molar-refractivity contribution in [1.82, 2.24) is 4.90 Å². The van der Waals surface area contributed by atoms with E-state index < -0.39 is 6.23 Å². The zero-order chi connectivity index (χ0) is 18.5. The fourth-order valence-corrected chi connectivity index (χ4v) is 3.26. The number of rotatable bonds is 6. The van der Waals surface area contributed by atoms with Crippen molar-refractivity contribution in [2.75, 3.05) is 6.54 Å². The summed E-state index contributed by atoms with van der Waals surface area (Å²) >= 11 is 0. The number of benzene rings is 3. The fourth-order valence-electron chi connectivity index (χ4n) is 3.26. The molecule has 136 valence electrons. The van der Waals surface area contributed by atoms with Crippen LogP contribution in [0.25, 0.3) is 0 Å². The molecule has 0 radical (unpaired) electrons. The summed E-state index contributed by atoms with van der Waals surface area (Å²) in [6.07, 6.45) is 0.271. The quantitative estimate of drug-likeness (QED) is 0.604. The second kappa shape index (κ2) is 8.16. The molecule has 0 aliphatic carbocycles. The van der Waals surface area contributed by atoms with Crippen molar-refractivity contribution in [3.63, 3.8) is 0 Å². The SMILES string of the molecule is O=CC1O[C@H](c2ccccc2)CN1Cc1ccc(Oc2ccccc2)cc1. The third kappa shape index (κ3) is 4.25. The first-order valence-corrected chi connectivity index (χ1v) is 9.03. The van der Waals surface area contributed by atoms with Gasteiger partial charge in [0.1, 0.15) is 11.5 Å². The van der Waals surface area contributed by atoms with Gasteiger partial charge in [0.25, 0.3) is 0 Å². The number of hydrogen-bond donors (Lipinski definition) is 0. The number of ether oxygens (including phenoxy) is 2. The van der Waals surface area contributed by atoms with Crippen molar-refractivity contribution in [3.05, 3.63) is 96.1 Å². The summed E-state index contributed by atoms with van der Waals surface area (Å²) < 4.78 is 11.7. The molecule has 0 saturated carbocycles. The zero-order valence-electron chi connectivity index (χ0n) is 14.9. The van der Waals surface area contributed by atoms with E-state index in [0.717, 1.165) is 28.9 Å². The molecule has 1 saturated heterocycles. The van der Waals surface area contributed by atoms with Crippen LogP contribution in [0.3, 0.4) is 0 Å². The fraction of sp³-hybridized carbons (Fsp3) is 0.174. The van der Waals surface area contributed by atoms with E-state index in [0.29, 0.717) is 13.1 Å². The second-order valence-corrected chi connectivity index (χ2v) is 6.55. The van der Waals surface area contributed by atoms with Gasteiger partial charge >= 0.3 is 0 Å². The van der Waals surface area contributed by atoms with E-state index in [9.17, 15) is 4.79 Å². The summed E-state index contributed by atoms with van der Waals surface area (Å²) in [4.78, 5) is 13.5. The predicted octanol–water partition coefficient (Wildman–Crippen LogP) is 4.58. The van der Waals surface area contributed by atoms with Crippen molar-refractivity contribution in [2.45, 2.75) is 18.9 Å². The van der Waals surface area contributed by atoms with Gasteiger partial charge in [0.05, 0.1) is 6.10 Å². The van der Waals surface area contributed by atoms with Crippen molar-refractivity contribution in [3.8, 4) is 11.5 Å². The topological polar surface area (TPSA) is 38.8 Å². The van der Waals surface area contributed by atoms with Gasteiger partial charge in [0.15, 0.2) is 12.5 Å². The second-order valence-electron chi connectivity index (χ2n) is 6.55. The molecule has 0 aromatic heterocycles. The lowest BCUT2D eigenvalue weighted by Crippen LogP contribution is -2.30. The normalized spacial score (nSPS) is 19.7. The Morgan fingerprint density at radius 1 is 0.889 bits per heavy atom. The summed E-state index contributed by atoms with van der Waals surface area (Å²) in [7, 11) is 0. The molecule has 27 heavy (non-hydrogen) atoms. The number of nitrogens with zero attached hydrogens (tertiary/aromatic N) is 1. The molecule has 3 aromatic rings. The first-order chi connectivity index (χ1) is 13.3. The molecule has 2 atom stereocenters. The first kappa shape index (κ1) is 17.5. The van der Waals surface area contributed by atoms with E-state index in [1.165, 1.54) is 0 Å². The molecule has 4 rings (SSSR count). The Bertz CT molecular complexity index is 865. The molecule has 0 spiro atoms. The molecular formula is C23H21NO3. The lowest BCUT2D eigenvalue weighted by molar-refractivity contribution is -0.123. The van der Waals surface area contributed by atoms with Gasteiger partial charge in [-0.05, 0) is 35.4 Å². The minimum atomic E-state index is -0.518. The van der Waals surface area contributed by atoms with Crippen LogP contribution in [0.2, 0.25) is 0 Å². The van der Waals surface area contributed by atoms with Crippen molar-refractivity contribution in [2.24, 2.45) is 0 Å². The third-order valence-electron chi connectivity index (χ3n) is 4.64. The molecule has 1 aliphatic heterocycles. The largest absolute Gasteiger partial charge is 0.457 e. The Morgan fingerprint density at radius 3 is 2.19 bits per heavy atom. The lowest BCUT2D eigenvalue weighted by atomic mass is 10.1. The van der Waals surface area contributed by atoms with Crippen molar-refractivity contribution in [1.29, 1.82) is 0 Å². The first-order valence-electron chi connectivity index (χ1n) is 9.03. The lowest BCUT2D eigenvalue weighted by Gasteiger charge is -2.18. The van der Waals surface area contributed by atoms with E-state index in [-0.39, 0.29) is 6.10 Å². The molecule has 3 aromatic carbocycles. The Kier molecular flexibility index (Phi) is 5.28. The molecule has 1 aliphatic rings. The average Bonchev–Trinajstić information content (AvgIpc) is 3.14. The van der Waals surface area contributed by atoms with Gasteiger partial charge in [-0.3, -0.25) is 9.69 Å². The van der Waals surface area contributed by atoms with E-state index in [1.54, 1.807) is 0 Å². The van der Waals surface area contributed by atoms with Gasteiger partial charge in [0, 0.05) is 13.1 Å². The van der Waals surface area contributed by atoms with Crippen LogP contribution in [-0.2, 0) is 16.1 Å². The molecule has 4 heteroatoms. The molecule has 0 amide bonds. The smallest absolute Gasteiger partial charge is 0.168 e. The number of hydrogen-bond acceptors (Lipinski definition) is 4. The summed E-state index contributed by atoms with van der Waals surface area (Å²) in [6, 6.07) is 27.7. The number of para-hydroxylation sites is 1. The van der Waals surface area contributed by atoms with Crippen molar-refractivity contribution >= 4 is 6.29 Å². The summed E-state index contributed by atoms with van der Waals surface area (Å²) in [5, 5.41) is 0. The zero-order valence-corrected chi connectivity index (χ0v) is 14.9. The summed E-state index contributed by atoms with van der Waals surface area (Å²) in [5.74, 6) is 1.60. The van der Waals surface area contributed by atoms with Gasteiger partial charge in [-0.2, -0.15) is 0 Å². The molecule has 1 heterocycles. The van der Waals surface area contributed by atoms with E-state index in [4.69, 9.17) is 9.47 Å². The summed E-state index contributed by atoms with van der Waals surface area (Å²) in [6.45, 7) is 1.34. The Hall–Kier alpha value is -2.95. The molecule has 0 N–H and O–H groups in total. The highest BCUT2D eigenvalue weighted by molar-refractivity contribution is 5.56. The molecule has 1 unspecified atom stereocenters. The van der Waals surface area contributed by atoms with Crippen LogP contribution in [0, 0.1) is 0 Å². The summed E-state index contributed by atoms with van der Waals surface area (Å²) in [5.41, 5.74) is 2.21. The maximum Gasteiger partial charge on any atom is 0.168 e. The minimum Gasteiger partial charge on any atom is -0.457 e. The van der Waals surface area contributed by atoms with Crippen molar-refractivity contribution < 1.29 is 14.3 Å².